The number of hydrogen-bond donors (Lipinski definition) is 2. The molecule has 0 aliphatic carbocycles. The van der Waals surface area contributed by atoms with Gasteiger partial charge in [-0.05, 0) is 18.2 Å². The molecule has 0 radical (unpaired) electrons. The largest absolute Gasteiger partial charge is 0.384 e. The van der Waals surface area contributed by atoms with Gasteiger partial charge in [0.1, 0.15) is 12.4 Å². The highest BCUT2D eigenvalue weighted by molar-refractivity contribution is 5.98. The zero-order valence-corrected chi connectivity index (χ0v) is 10.3. The second kappa shape index (κ2) is 6.52. The third kappa shape index (κ3) is 4.08. The minimum absolute atomic E-state index is 0.0182. The first-order valence-electron chi connectivity index (χ1n) is 5.38. The van der Waals surface area contributed by atoms with Crippen molar-refractivity contribution in [3.8, 4) is 11.8 Å². The van der Waals surface area contributed by atoms with Crippen molar-refractivity contribution in [1.29, 1.82) is 0 Å². The van der Waals surface area contributed by atoms with Crippen LogP contribution in [0.25, 0.3) is 0 Å². The molecule has 6 heteroatoms. The van der Waals surface area contributed by atoms with Crippen LogP contribution in [0.5, 0.6) is 0 Å². The number of nitrogens with two attached hydrogens (primary N) is 1. The van der Waals surface area contributed by atoms with Gasteiger partial charge < -0.3 is 15.7 Å². The van der Waals surface area contributed by atoms with Crippen molar-refractivity contribution in [1.82, 2.24) is 4.90 Å². The number of benzene rings is 1. The summed E-state index contributed by atoms with van der Waals surface area (Å²) >= 11 is 0. The molecule has 0 aliphatic heterocycles. The molecule has 0 atom stereocenters. The minimum Gasteiger partial charge on any atom is -0.384 e. The molecule has 3 N–H and O–H groups in total. The van der Waals surface area contributed by atoms with E-state index < -0.39 is 17.6 Å². The molecule has 19 heavy (non-hydrogen) atoms. The summed E-state index contributed by atoms with van der Waals surface area (Å²) in [4.78, 5) is 23.9. The zero-order chi connectivity index (χ0) is 14.4. The number of likely N-dealkylation sites (N-methyl/N-ethyl adjacent to an activating group) is 1. The van der Waals surface area contributed by atoms with Gasteiger partial charge in [-0.3, -0.25) is 9.59 Å². The predicted molar refractivity (Wildman–Crippen MR) is 66.5 cm³/mol. The van der Waals surface area contributed by atoms with E-state index >= 15 is 0 Å². The van der Waals surface area contributed by atoms with E-state index in [0.717, 1.165) is 17.0 Å². The second-order valence-corrected chi connectivity index (χ2v) is 3.78. The molecule has 0 spiro atoms. The van der Waals surface area contributed by atoms with Crippen LogP contribution in [-0.4, -0.2) is 42.0 Å². The molecule has 2 amide bonds. The summed E-state index contributed by atoms with van der Waals surface area (Å²) in [5, 5.41) is 8.64. The van der Waals surface area contributed by atoms with Crippen molar-refractivity contribution in [2.45, 2.75) is 0 Å². The Morgan fingerprint density at radius 3 is 2.74 bits per heavy atom. The summed E-state index contributed by atoms with van der Waals surface area (Å²) in [6.45, 7) is -0.648. The lowest BCUT2D eigenvalue weighted by Gasteiger charge is -2.16. The fraction of sp³-hybridized carbons (Fsp3) is 0.231. The summed E-state index contributed by atoms with van der Waals surface area (Å²) in [6.07, 6.45) is 0. The number of halogens is 1. The van der Waals surface area contributed by atoms with Crippen LogP contribution in [-0.2, 0) is 4.79 Å². The molecular formula is C13H13FN2O3. The van der Waals surface area contributed by atoms with Gasteiger partial charge in [0, 0.05) is 12.6 Å². The first kappa shape index (κ1) is 14.7. The van der Waals surface area contributed by atoms with E-state index in [0.29, 0.717) is 0 Å². The van der Waals surface area contributed by atoms with Crippen molar-refractivity contribution < 1.29 is 19.1 Å². The van der Waals surface area contributed by atoms with E-state index in [4.69, 9.17) is 10.8 Å². The van der Waals surface area contributed by atoms with Gasteiger partial charge in [-0.1, -0.05) is 11.8 Å². The normalized spacial score (nSPS) is 9.42. The SMILES string of the molecule is CN(CC(N)=O)C(=O)c1cc(F)ccc1C#CCO. The highest BCUT2D eigenvalue weighted by Gasteiger charge is 2.17. The molecule has 0 bridgehead atoms. The van der Waals surface area contributed by atoms with E-state index in [9.17, 15) is 14.0 Å². The quantitative estimate of drug-likeness (QED) is 0.737. The number of aliphatic hydroxyl groups is 1. The summed E-state index contributed by atoms with van der Waals surface area (Å²) in [5.41, 5.74) is 5.28. The highest BCUT2D eigenvalue weighted by Crippen LogP contribution is 2.12. The van der Waals surface area contributed by atoms with Crippen LogP contribution in [0.3, 0.4) is 0 Å². The number of nitrogens with zero attached hydrogens (tertiary/aromatic N) is 1. The van der Waals surface area contributed by atoms with Gasteiger partial charge in [-0.25, -0.2) is 4.39 Å². The van der Waals surface area contributed by atoms with Gasteiger partial charge in [0.15, 0.2) is 0 Å². The highest BCUT2D eigenvalue weighted by atomic mass is 19.1. The Bertz CT molecular complexity index is 561. The lowest BCUT2D eigenvalue weighted by Crippen LogP contribution is -2.35. The van der Waals surface area contributed by atoms with Gasteiger partial charge >= 0.3 is 0 Å². The van der Waals surface area contributed by atoms with Gasteiger partial charge in [-0.2, -0.15) is 0 Å². The third-order valence-corrected chi connectivity index (χ3v) is 2.25. The Balaban J connectivity index is 3.13. The topological polar surface area (TPSA) is 83.6 Å². The zero-order valence-electron chi connectivity index (χ0n) is 10.3. The second-order valence-electron chi connectivity index (χ2n) is 3.78. The number of primary amides is 1. The Labute approximate surface area is 109 Å². The smallest absolute Gasteiger partial charge is 0.255 e. The average Bonchev–Trinajstić information content (AvgIpc) is 2.35. The number of aliphatic hydroxyl groups excluding tert-OH is 1. The fourth-order valence-corrected chi connectivity index (χ4v) is 1.45. The summed E-state index contributed by atoms with van der Waals surface area (Å²) in [6, 6.07) is 3.52. The number of carbonyl (C=O) groups is 2. The Morgan fingerprint density at radius 1 is 1.47 bits per heavy atom. The Hall–Kier alpha value is -2.39. The van der Waals surface area contributed by atoms with Gasteiger partial charge in [0.25, 0.3) is 5.91 Å². The number of hydrogen-bond acceptors (Lipinski definition) is 3. The molecule has 1 rings (SSSR count). The average molecular weight is 264 g/mol. The van der Waals surface area contributed by atoms with Crippen LogP contribution < -0.4 is 5.73 Å². The van der Waals surface area contributed by atoms with Crippen LogP contribution in [0.1, 0.15) is 15.9 Å². The maximum absolute atomic E-state index is 13.2. The van der Waals surface area contributed by atoms with Crippen molar-refractivity contribution in [3.63, 3.8) is 0 Å². The molecular weight excluding hydrogens is 251 g/mol. The lowest BCUT2D eigenvalue weighted by atomic mass is 10.1. The monoisotopic (exact) mass is 264 g/mol. The molecule has 0 aromatic heterocycles. The Kier molecular flexibility index (Phi) is 5.03. The first-order chi connectivity index (χ1) is 8.95. The van der Waals surface area contributed by atoms with Crippen LogP contribution in [0, 0.1) is 17.7 Å². The van der Waals surface area contributed by atoms with Gasteiger partial charge in [-0.15, -0.1) is 0 Å². The molecule has 5 nitrogen and oxygen atoms in total. The van der Waals surface area contributed by atoms with Crippen molar-refractivity contribution in [2.24, 2.45) is 5.73 Å². The number of carbonyl (C=O) groups excluding carboxylic acids is 2. The van der Waals surface area contributed by atoms with E-state index in [-0.39, 0.29) is 24.3 Å². The number of amides is 2. The summed E-state index contributed by atoms with van der Waals surface area (Å²) in [7, 11) is 1.38. The molecule has 100 valence electrons. The van der Waals surface area contributed by atoms with Crippen LogP contribution in [0.15, 0.2) is 18.2 Å². The summed E-state index contributed by atoms with van der Waals surface area (Å²) < 4.78 is 13.2. The van der Waals surface area contributed by atoms with Crippen molar-refractivity contribution >= 4 is 11.8 Å². The van der Waals surface area contributed by atoms with Gasteiger partial charge in [0.05, 0.1) is 12.1 Å². The van der Waals surface area contributed by atoms with E-state index in [1.165, 1.54) is 13.1 Å². The fourth-order valence-electron chi connectivity index (χ4n) is 1.45. The lowest BCUT2D eigenvalue weighted by molar-refractivity contribution is -0.118. The van der Waals surface area contributed by atoms with Crippen LogP contribution in [0.2, 0.25) is 0 Å². The van der Waals surface area contributed by atoms with Gasteiger partial charge in [0.2, 0.25) is 5.91 Å². The van der Waals surface area contributed by atoms with E-state index in [2.05, 4.69) is 11.8 Å². The first-order valence-corrected chi connectivity index (χ1v) is 5.38. The molecule has 0 fully saturated rings. The molecule has 1 aromatic rings. The van der Waals surface area contributed by atoms with Crippen LogP contribution >= 0.6 is 0 Å². The van der Waals surface area contributed by atoms with E-state index in [1.54, 1.807) is 0 Å². The molecule has 0 saturated heterocycles. The predicted octanol–water partition coefficient (Wildman–Crippen LogP) is -0.273. The minimum atomic E-state index is -0.671. The van der Waals surface area contributed by atoms with E-state index in [1.807, 2.05) is 0 Å². The maximum atomic E-state index is 13.2. The molecule has 1 aromatic carbocycles. The molecule has 0 aliphatic rings. The maximum Gasteiger partial charge on any atom is 0.255 e. The Morgan fingerprint density at radius 2 is 2.16 bits per heavy atom. The molecule has 0 saturated carbocycles. The van der Waals surface area contributed by atoms with Crippen molar-refractivity contribution in [2.75, 3.05) is 20.2 Å². The molecule has 0 heterocycles. The summed E-state index contributed by atoms with van der Waals surface area (Å²) in [5.74, 6) is 3.10. The third-order valence-electron chi connectivity index (χ3n) is 2.25. The standard InChI is InChI=1S/C13H13FN2O3/c1-16(8-12(15)18)13(19)11-7-10(14)5-4-9(11)3-2-6-17/h4-5,7,17H,6,8H2,1H3,(H2,15,18). The van der Waals surface area contributed by atoms with Crippen molar-refractivity contribution in [3.05, 3.63) is 35.1 Å². The molecule has 0 unspecified atom stereocenters. The number of rotatable bonds is 3. The van der Waals surface area contributed by atoms with Crippen LogP contribution in [0.4, 0.5) is 4.39 Å².